The van der Waals surface area contributed by atoms with Crippen molar-refractivity contribution in [1.29, 1.82) is 0 Å². The lowest BCUT2D eigenvalue weighted by Gasteiger charge is -2.16. The van der Waals surface area contributed by atoms with Crippen LogP contribution in [0.5, 0.6) is 5.75 Å². The molecule has 0 saturated carbocycles. The molecular weight excluding hydrogens is 357 g/mol. The van der Waals surface area contributed by atoms with Gasteiger partial charge in [0.15, 0.2) is 0 Å². The molecule has 7 heteroatoms. The smallest absolute Gasteiger partial charge is 0.418 e. The number of alkyl halides is 3. The van der Waals surface area contributed by atoms with Crippen LogP contribution in [-0.2, 0) is 6.18 Å². The maximum Gasteiger partial charge on any atom is 0.418 e. The number of aromatic nitrogens is 1. The molecule has 27 heavy (non-hydrogen) atoms. The number of hydrogen-bond acceptors (Lipinski definition) is 2. The molecule has 0 spiro atoms. The van der Waals surface area contributed by atoms with E-state index in [4.69, 9.17) is 0 Å². The van der Waals surface area contributed by atoms with Crippen LogP contribution in [-0.4, -0.2) is 15.6 Å². The molecule has 3 rings (SSSR count). The van der Waals surface area contributed by atoms with Crippen LogP contribution in [0, 0.1) is 13.8 Å². The first-order valence-electron chi connectivity index (χ1n) is 8.14. The number of carbonyl (C=O) groups excluding carboxylic acids is 1. The number of nitrogens with one attached hydrogen (secondary N) is 1. The Morgan fingerprint density at radius 3 is 2.41 bits per heavy atom. The average molecular weight is 374 g/mol. The van der Waals surface area contributed by atoms with Crippen molar-refractivity contribution < 1.29 is 23.1 Å². The lowest BCUT2D eigenvalue weighted by Crippen LogP contribution is -2.14. The van der Waals surface area contributed by atoms with Gasteiger partial charge in [-0.3, -0.25) is 4.79 Å². The highest BCUT2D eigenvalue weighted by Gasteiger charge is 2.34. The van der Waals surface area contributed by atoms with E-state index in [0.29, 0.717) is 17.1 Å². The van der Waals surface area contributed by atoms with Crippen LogP contribution in [0.2, 0.25) is 0 Å². The lowest BCUT2D eigenvalue weighted by molar-refractivity contribution is -0.137. The molecule has 0 unspecified atom stereocenters. The van der Waals surface area contributed by atoms with Crippen LogP contribution < -0.4 is 5.32 Å². The summed E-state index contributed by atoms with van der Waals surface area (Å²) in [6, 6.07) is 12.8. The van der Waals surface area contributed by atoms with E-state index in [-0.39, 0.29) is 17.0 Å². The van der Waals surface area contributed by atoms with Crippen LogP contribution in [0.1, 0.15) is 27.3 Å². The first kappa shape index (κ1) is 18.6. The van der Waals surface area contributed by atoms with Gasteiger partial charge >= 0.3 is 6.18 Å². The van der Waals surface area contributed by atoms with Crippen molar-refractivity contribution in [3.8, 4) is 11.4 Å². The fraction of sp³-hybridized carbons (Fsp3) is 0.150. The topological polar surface area (TPSA) is 54.3 Å². The molecule has 2 N–H and O–H groups in total. The summed E-state index contributed by atoms with van der Waals surface area (Å²) in [4.78, 5) is 12.6. The van der Waals surface area contributed by atoms with Gasteiger partial charge in [0.05, 0.1) is 16.8 Å². The number of halogens is 3. The molecule has 0 bridgehead atoms. The third kappa shape index (κ3) is 3.67. The Labute approximate surface area is 153 Å². The van der Waals surface area contributed by atoms with Crippen molar-refractivity contribution in [3.05, 3.63) is 77.1 Å². The zero-order chi connectivity index (χ0) is 19.8. The number of aromatic hydroxyl groups is 1. The summed E-state index contributed by atoms with van der Waals surface area (Å²) >= 11 is 0. The van der Waals surface area contributed by atoms with E-state index in [2.05, 4.69) is 5.32 Å². The lowest BCUT2D eigenvalue weighted by atomic mass is 10.1. The van der Waals surface area contributed by atoms with E-state index in [1.54, 1.807) is 32.0 Å². The molecule has 1 amide bonds. The van der Waals surface area contributed by atoms with E-state index in [0.717, 1.165) is 6.07 Å². The molecule has 3 aromatic rings. The quantitative estimate of drug-likeness (QED) is 0.672. The number of para-hydroxylation sites is 1. The predicted octanol–water partition coefficient (Wildman–Crippen LogP) is 5.07. The maximum atomic E-state index is 13.4. The molecule has 140 valence electrons. The molecule has 1 heterocycles. The molecule has 0 radical (unpaired) electrons. The first-order chi connectivity index (χ1) is 12.7. The zero-order valence-electron chi connectivity index (χ0n) is 14.6. The van der Waals surface area contributed by atoms with Crippen molar-refractivity contribution in [2.45, 2.75) is 20.0 Å². The minimum atomic E-state index is -4.51. The molecule has 0 aliphatic rings. The second kappa shape index (κ2) is 6.83. The Kier molecular flexibility index (Phi) is 4.70. The number of amides is 1. The Hall–Kier alpha value is -3.22. The number of benzene rings is 2. The highest BCUT2D eigenvalue weighted by Crippen LogP contribution is 2.35. The molecule has 0 atom stereocenters. The first-order valence-corrected chi connectivity index (χ1v) is 8.14. The summed E-state index contributed by atoms with van der Waals surface area (Å²) < 4.78 is 41.5. The van der Waals surface area contributed by atoms with Crippen LogP contribution in [0.25, 0.3) is 5.69 Å². The van der Waals surface area contributed by atoms with Gasteiger partial charge < -0.3 is 15.0 Å². The van der Waals surface area contributed by atoms with Crippen LogP contribution in [0.4, 0.5) is 18.9 Å². The number of phenolic OH excluding ortho intramolecular Hbond substituents is 1. The SMILES string of the molecule is Cc1cc(C(=O)Nc2cccc(O)c2)c(C)n1-c1ccccc1C(F)(F)F. The van der Waals surface area contributed by atoms with E-state index >= 15 is 0 Å². The van der Waals surface area contributed by atoms with Gasteiger partial charge in [0.25, 0.3) is 5.91 Å². The monoisotopic (exact) mass is 374 g/mol. The predicted molar refractivity (Wildman–Crippen MR) is 96.3 cm³/mol. The molecule has 0 saturated heterocycles. The van der Waals surface area contributed by atoms with Crippen LogP contribution in [0.15, 0.2) is 54.6 Å². The largest absolute Gasteiger partial charge is 0.508 e. The van der Waals surface area contributed by atoms with Gasteiger partial charge in [-0.15, -0.1) is 0 Å². The average Bonchev–Trinajstić information content (AvgIpc) is 2.88. The third-order valence-electron chi connectivity index (χ3n) is 4.23. The number of carbonyl (C=O) groups is 1. The zero-order valence-corrected chi connectivity index (χ0v) is 14.6. The summed E-state index contributed by atoms with van der Waals surface area (Å²) in [5.74, 6) is -0.471. The number of rotatable bonds is 3. The molecular formula is C20H17F3N2O2. The number of aryl methyl sites for hydroxylation is 1. The number of nitrogens with zero attached hydrogens (tertiary/aromatic N) is 1. The Morgan fingerprint density at radius 2 is 1.74 bits per heavy atom. The standard InChI is InChI=1S/C20H17F3N2O2/c1-12-10-16(19(27)24-14-6-5-7-15(26)11-14)13(2)25(12)18-9-4-3-8-17(18)20(21,22)23/h3-11,26H,1-2H3,(H,24,27). The maximum absolute atomic E-state index is 13.4. The fourth-order valence-electron chi connectivity index (χ4n) is 3.05. The van der Waals surface area contributed by atoms with Crippen molar-refractivity contribution in [2.24, 2.45) is 0 Å². The molecule has 0 fully saturated rings. The Morgan fingerprint density at radius 1 is 1.04 bits per heavy atom. The van der Waals surface area contributed by atoms with Gasteiger partial charge in [0.1, 0.15) is 5.75 Å². The highest BCUT2D eigenvalue weighted by molar-refractivity contribution is 6.05. The van der Waals surface area contributed by atoms with E-state index in [1.165, 1.54) is 34.9 Å². The summed E-state index contributed by atoms with van der Waals surface area (Å²) in [5.41, 5.74) is 0.739. The minimum Gasteiger partial charge on any atom is -0.508 e. The summed E-state index contributed by atoms with van der Waals surface area (Å²) in [6.45, 7) is 3.24. The number of anilines is 1. The van der Waals surface area contributed by atoms with Crippen LogP contribution in [0.3, 0.4) is 0 Å². The molecule has 4 nitrogen and oxygen atoms in total. The fourth-order valence-corrected chi connectivity index (χ4v) is 3.05. The highest BCUT2D eigenvalue weighted by atomic mass is 19.4. The second-order valence-corrected chi connectivity index (χ2v) is 6.14. The summed E-state index contributed by atoms with van der Waals surface area (Å²) in [6.07, 6.45) is -4.51. The molecule has 0 aliphatic carbocycles. The third-order valence-corrected chi connectivity index (χ3v) is 4.23. The molecule has 1 aromatic heterocycles. The van der Waals surface area contributed by atoms with E-state index < -0.39 is 17.6 Å². The van der Waals surface area contributed by atoms with Gasteiger partial charge in [-0.2, -0.15) is 13.2 Å². The van der Waals surface area contributed by atoms with Gasteiger partial charge in [-0.05, 0) is 44.2 Å². The van der Waals surface area contributed by atoms with E-state index in [1.807, 2.05) is 0 Å². The van der Waals surface area contributed by atoms with Gasteiger partial charge in [0, 0.05) is 23.1 Å². The van der Waals surface area contributed by atoms with Crippen molar-refractivity contribution in [1.82, 2.24) is 4.57 Å². The summed E-state index contributed by atoms with van der Waals surface area (Å²) in [5, 5.41) is 12.1. The Balaban J connectivity index is 2.03. The van der Waals surface area contributed by atoms with E-state index in [9.17, 15) is 23.1 Å². The van der Waals surface area contributed by atoms with Crippen molar-refractivity contribution in [3.63, 3.8) is 0 Å². The normalized spacial score (nSPS) is 11.4. The second-order valence-electron chi connectivity index (χ2n) is 6.14. The minimum absolute atomic E-state index is 0.00243. The van der Waals surface area contributed by atoms with Crippen molar-refractivity contribution >= 4 is 11.6 Å². The van der Waals surface area contributed by atoms with Gasteiger partial charge in [-0.25, -0.2) is 0 Å². The number of hydrogen-bond donors (Lipinski definition) is 2. The van der Waals surface area contributed by atoms with Crippen LogP contribution >= 0.6 is 0 Å². The molecule has 0 aliphatic heterocycles. The number of phenols is 1. The molecule has 2 aromatic carbocycles. The van der Waals surface area contributed by atoms with Gasteiger partial charge in [-0.1, -0.05) is 18.2 Å². The summed E-state index contributed by atoms with van der Waals surface area (Å²) in [7, 11) is 0. The van der Waals surface area contributed by atoms with Gasteiger partial charge in [0.2, 0.25) is 0 Å². The Bertz CT molecular complexity index is 1010. The van der Waals surface area contributed by atoms with Crippen molar-refractivity contribution in [2.75, 3.05) is 5.32 Å².